The average Bonchev–Trinajstić information content (AvgIpc) is 2.77. The van der Waals surface area contributed by atoms with E-state index in [0.29, 0.717) is 29.5 Å². The SMILES string of the molecule is CC(NC(=O)CCN1CCCCCC1=O)c1nnc(N)s1. The number of rotatable bonds is 5. The Labute approximate surface area is 127 Å². The van der Waals surface area contributed by atoms with Gasteiger partial charge in [-0.05, 0) is 19.8 Å². The molecule has 3 N–H and O–H groups in total. The molecule has 116 valence electrons. The van der Waals surface area contributed by atoms with E-state index in [1.807, 2.05) is 6.92 Å². The van der Waals surface area contributed by atoms with Gasteiger partial charge in [-0.1, -0.05) is 17.8 Å². The lowest BCUT2D eigenvalue weighted by molar-refractivity contribution is -0.131. The van der Waals surface area contributed by atoms with Crippen LogP contribution in [0.25, 0.3) is 0 Å². The summed E-state index contributed by atoms with van der Waals surface area (Å²) < 4.78 is 0. The molecule has 0 bridgehead atoms. The van der Waals surface area contributed by atoms with Gasteiger partial charge in [0.25, 0.3) is 0 Å². The number of amides is 2. The van der Waals surface area contributed by atoms with Gasteiger partial charge in [-0.25, -0.2) is 0 Å². The van der Waals surface area contributed by atoms with Gasteiger partial charge >= 0.3 is 0 Å². The molecule has 2 heterocycles. The number of hydrogen-bond donors (Lipinski definition) is 2. The van der Waals surface area contributed by atoms with Crippen molar-refractivity contribution in [1.82, 2.24) is 20.4 Å². The molecule has 1 fully saturated rings. The fourth-order valence-corrected chi connectivity index (χ4v) is 2.92. The van der Waals surface area contributed by atoms with Crippen LogP contribution in [-0.2, 0) is 9.59 Å². The molecule has 8 heteroatoms. The number of hydrogen-bond acceptors (Lipinski definition) is 6. The first kappa shape index (κ1) is 15.7. The molecule has 1 atom stereocenters. The van der Waals surface area contributed by atoms with Gasteiger partial charge in [0.1, 0.15) is 5.01 Å². The predicted octanol–water partition coefficient (Wildman–Crippen LogP) is 1.09. The summed E-state index contributed by atoms with van der Waals surface area (Å²) >= 11 is 1.26. The molecule has 2 amide bonds. The lowest BCUT2D eigenvalue weighted by atomic mass is 10.2. The Morgan fingerprint density at radius 1 is 1.43 bits per heavy atom. The van der Waals surface area contributed by atoms with E-state index in [2.05, 4.69) is 15.5 Å². The summed E-state index contributed by atoms with van der Waals surface area (Å²) in [6.45, 7) is 3.08. The lowest BCUT2D eigenvalue weighted by Gasteiger charge is -2.20. The minimum atomic E-state index is -0.216. The molecule has 21 heavy (non-hydrogen) atoms. The summed E-state index contributed by atoms with van der Waals surface area (Å²) in [6, 6.07) is -0.216. The van der Waals surface area contributed by atoms with Crippen molar-refractivity contribution >= 4 is 28.3 Å². The lowest BCUT2D eigenvalue weighted by Crippen LogP contribution is -2.35. The molecule has 1 unspecified atom stereocenters. The van der Waals surface area contributed by atoms with Crippen LogP contribution in [0.2, 0.25) is 0 Å². The number of likely N-dealkylation sites (tertiary alicyclic amines) is 1. The Morgan fingerprint density at radius 2 is 2.24 bits per heavy atom. The number of nitrogens with two attached hydrogens (primary N) is 1. The van der Waals surface area contributed by atoms with E-state index in [-0.39, 0.29) is 17.9 Å². The van der Waals surface area contributed by atoms with Gasteiger partial charge in [0.15, 0.2) is 0 Å². The van der Waals surface area contributed by atoms with Crippen LogP contribution in [0.3, 0.4) is 0 Å². The molecule has 7 nitrogen and oxygen atoms in total. The van der Waals surface area contributed by atoms with Crippen LogP contribution in [0.5, 0.6) is 0 Å². The van der Waals surface area contributed by atoms with Crippen molar-refractivity contribution in [2.45, 2.75) is 45.1 Å². The summed E-state index contributed by atoms with van der Waals surface area (Å²) in [5, 5.41) is 11.6. The number of aromatic nitrogens is 2. The molecule has 1 aromatic rings. The Balaban J connectivity index is 1.77. The minimum absolute atomic E-state index is 0.0895. The summed E-state index contributed by atoms with van der Waals surface area (Å²) in [7, 11) is 0. The fourth-order valence-electron chi connectivity index (χ4n) is 2.31. The second-order valence-electron chi connectivity index (χ2n) is 5.21. The van der Waals surface area contributed by atoms with Crippen molar-refractivity contribution in [2.75, 3.05) is 18.8 Å². The number of nitrogens with one attached hydrogen (secondary N) is 1. The highest BCUT2D eigenvalue weighted by molar-refractivity contribution is 7.15. The monoisotopic (exact) mass is 311 g/mol. The maximum Gasteiger partial charge on any atom is 0.222 e. The van der Waals surface area contributed by atoms with E-state index in [1.165, 1.54) is 11.3 Å². The first-order valence-electron chi connectivity index (χ1n) is 7.22. The fraction of sp³-hybridized carbons (Fsp3) is 0.692. The molecule has 1 saturated heterocycles. The maximum atomic E-state index is 11.9. The molecule has 0 spiro atoms. The van der Waals surface area contributed by atoms with E-state index in [4.69, 9.17) is 5.73 Å². The molecule has 0 aliphatic carbocycles. The van der Waals surface area contributed by atoms with Gasteiger partial charge in [-0.2, -0.15) is 0 Å². The Kier molecular flexibility index (Phi) is 5.49. The normalized spacial score (nSPS) is 17.4. The third-order valence-corrected chi connectivity index (χ3v) is 4.42. The maximum absolute atomic E-state index is 11.9. The van der Waals surface area contributed by atoms with Crippen LogP contribution < -0.4 is 11.1 Å². The highest BCUT2D eigenvalue weighted by Crippen LogP contribution is 2.19. The zero-order valence-electron chi connectivity index (χ0n) is 12.2. The van der Waals surface area contributed by atoms with Gasteiger partial charge in [0, 0.05) is 25.9 Å². The smallest absolute Gasteiger partial charge is 0.222 e. The van der Waals surface area contributed by atoms with E-state index < -0.39 is 0 Å². The molecule has 1 aliphatic heterocycles. The first-order valence-corrected chi connectivity index (χ1v) is 8.04. The number of nitrogen functional groups attached to an aromatic ring is 1. The number of carbonyl (C=O) groups excluding carboxylic acids is 2. The van der Waals surface area contributed by atoms with Crippen molar-refractivity contribution in [3.8, 4) is 0 Å². The van der Waals surface area contributed by atoms with Gasteiger partial charge in [0.2, 0.25) is 16.9 Å². The number of anilines is 1. The van der Waals surface area contributed by atoms with E-state index in [9.17, 15) is 9.59 Å². The molecule has 1 aromatic heterocycles. The molecule has 0 saturated carbocycles. The van der Waals surface area contributed by atoms with Crippen molar-refractivity contribution in [2.24, 2.45) is 0 Å². The van der Waals surface area contributed by atoms with Gasteiger partial charge in [-0.15, -0.1) is 10.2 Å². The zero-order chi connectivity index (χ0) is 15.2. The summed E-state index contributed by atoms with van der Waals surface area (Å²) in [4.78, 5) is 25.6. The summed E-state index contributed by atoms with van der Waals surface area (Å²) in [6.07, 6.45) is 3.97. The second kappa shape index (κ2) is 7.35. The van der Waals surface area contributed by atoms with Gasteiger partial charge in [0.05, 0.1) is 6.04 Å². The summed E-state index contributed by atoms with van der Waals surface area (Å²) in [5.41, 5.74) is 5.52. The van der Waals surface area contributed by atoms with E-state index in [1.54, 1.807) is 4.90 Å². The summed E-state index contributed by atoms with van der Waals surface area (Å²) in [5.74, 6) is 0.0681. The topological polar surface area (TPSA) is 101 Å². The number of nitrogens with zero attached hydrogens (tertiary/aromatic N) is 3. The van der Waals surface area contributed by atoms with Crippen molar-refractivity contribution in [3.05, 3.63) is 5.01 Å². The van der Waals surface area contributed by atoms with Gasteiger partial charge in [-0.3, -0.25) is 9.59 Å². The predicted molar refractivity (Wildman–Crippen MR) is 80.5 cm³/mol. The zero-order valence-corrected chi connectivity index (χ0v) is 13.0. The highest BCUT2D eigenvalue weighted by Gasteiger charge is 2.18. The second-order valence-corrected chi connectivity index (χ2v) is 6.25. The molecule has 2 rings (SSSR count). The molecular weight excluding hydrogens is 290 g/mol. The van der Waals surface area contributed by atoms with Crippen molar-refractivity contribution in [3.63, 3.8) is 0 Å². The largest absolute Gasteiger partial charge is 0.374 e. The Bertz CT molecular complexity index is 505. The molecule has 0 radical (unpaired) electrons. The van der Waals surface area contributed by atoms with Crippen molar-refractivity contribution in [1.29, 1.82) is 0 Å². The van der Waals surface area contributed by atoms with Crippen LogP contribution in [-0.4, -0.2) is 40.0 Å². The Hall–Kier alpha value is -1.70. The third-order valence-electron chi connectivity index (χ3n) is 3.48. The standard InChI is InChI=1S/C13H21N5O2S/c1-9(12-16-17-13(14)21-12)15-10(19)6-8-18-7-4-2-3-5-11(18)20/h9H,2-8H2,1H3,(H2,14,17)(H,15,19). The number of carbonyl (C=O) groups is 2. The van der Waals surface area contributed by atoms with Crippen LogP contribution in [0, 0.1) is 0 Å². The highest BCUT2D eigenvalue weighted by atomic mass is 32.1. The van der Waals surface area contributed by atoms with Crippen LogP contribution in [0.1, 0.15) is 50.1 Å². The van der Waals surface area contributed by atoms with E-state index in [0.717, 1.165) is 25.8 Å². The van der Waals surface area contributed by atoms with Crippen LogP contribution in [0.4, 0.5) is 5.13 Å². The molecule has 0 aromatic carbocycles. The molecule has 1 aliphatic rings. The van der Waals surface area contributed by atoms with Crippen LogP contribution in [0.15, 0.2) is 0 Å². The van der Waals surface area contributed by atoms with Gasteiger partial charge < -0.3 is 16.0 Å². The molecular formula is C13H21N5O2S. The quantitative estimate of drug-likeness (QED) is 0.847. The minimum Gasteiger partial charge on any atom is -0.374 e. The first-order chi connectivity index (χ1) is 10.1. The third kappa shape index (κ3) is 4.66. The van der Waals surface area contributed by atoms with Crippen molar-refractivity contribution < 1.29 is 9.59 Å². The van der Waals surface area contributed by atoms with E-state index >= 15 is 0 Å². The average molecular weight is 311 g/mol. The Morgan fingerprint density at radius 3 is 2.95 bits per heavy atom. The van der Waals surface area contributed by atoms with Crippen LogP contribution >= 0.6 is 11.3 Å².